The van der Waals surface area contributed by atoms with Crippen LogP contribution in [0.25, 0.3) is 0 Å². The van der Waals surface area contributed by atoms with E-state index in [2.05, 4.69) is 0 Å². The maximum absolute atomic E-state index is 9.67. The van der Waals surface area contributed by atoms with Gasteiger partial charge < -0.3 is 0 Å². The van der Waals surface area contributed by atoms with Crippen molar-refractivity contribution >= 4 is 18.2 Å². The molecule has 18 valence electrons. The predicted molar refractivity (Wildman–Crippen MR) is 7.97 cm³/mol. The van der Waals surface area contributed by atoms with Gasteiger partial charge in [-0.25, -0.2) is 0 Å². The molecular weight excluding hydrogens is 186 g/mol. The van der Waals surface area contributed by atoms with E-state index in [1.165, 1.54) is 0 Å². The second kappa shape index (κ2) is 21.2. The Balaban J connectivity index is 0. The van der Waals surface area contributed by atoms with Crippen molar-refractivity contribution in [2.24, 2.45) is 0 Å². The Bertz CT molecular complexity index is 6.00. The van der Waals surface area contributed by atoms with Crippen LogP contribution in [-0.2, 0) is 0 Å². The fraction of sp³-hybridized carbons (Fsp3) is 0. The molecule has 0 fully saturated rings. The van der Waals surface area contributed by atoms with E-state index in [1.54, 1.807) is 0 Å². The van der Waals surface area contributed by atoms with Gasteiger partial charge in [0.25, 0.3) is 0 Å². The van der Waals surface area contributed by atoms with Crippen molar-refractivity contribution in [2.45, 2.75) is 0 Å². The zero-order valence-corrected chi connectivity index (χ0v) is 6.04. The van der Waals surface area contributed by atoms with Crippen LogP contribution in [0.4, 0.5) is 4.34 Å². The molecular formula is F2LiPr. The second-order valence-electron chi connectivity index (χ2n) is 0. The van der Waals surface area contributed by atoms with Crippen molar-refractivity contribution in [1.82, 2.24) is 0 Å². The third-order valence-electron chi connectivity index (χ3n) is 0. The van der Waals surface area contributed by atoms with Crippen LogP contribution in [0.5, 0.6) is 0 Å². The van der Waals surface area contributed by atoms with Crippen LogP contribution in [0.15, 0.2) is 0 Å². The molecule has 0 aliphatic rings. The van der Waals surface area contributed by atoms with Gasteiger partial charge in [0, 0.05) is 0 Å². The zero-order valence-electron chi connectivity index (χ0n) is 2.33. The van der Waals surface area contributed by atoms with Gasteiger partial charge in [-0.15, -0.1) is 0 Å². The first kappa shape index (κ1) is 9.27. The molecule has 0 aliphatic heterocycles. The van der Waals surface area contributed by atoms with E-state index in [1.807, 2.05) is 0 Å². The molecule has 0 aromatic rings. The van der Waals surface area contributed by atoms with Gasteiger partial charge in [-0.2, -0.15) is 0 Å². The number of hydrogen-bond donors (Lipinski definition) is 0. The summed E-state index contributed by atoms with van der Waals surface area (Å²) in [6.07, 6.45) is 0. The van der Waals surface area contributed by atoms with Crippen LogP contribution >= 0.6 is 0 Å². The maximum atomic E-state index is 9.67. The van der Waals surface area contributed by atoms with Gasteiger partial charge in [0.15, 0.2) is 0 Å². The van der Waals surface area contributed by atoms with E-state index in [9.17, 15) is 4.34 Å². The molecule has 0 amide bonds. The molecule has 0 bridgehead atoms. The molecule has 0 spiro atoms. The minimum absolute atomic E-state index is 0.333. The molecule has 0 aliphatic carbocycles. The van der Waals surface area contributed by atoms with Crippen LogP contribution in [-0.4, -0.2) is 18.2 Å². The first-order valence-electron chi connectivity index (χ1n) is 0.596. The van der Waals surface area contributed by atoms with Gasteiger partial charge in [-0.05, 0) is 0 Å². The van der Waals surface area contributed by atoms with Crippen molar-refractivity contribution < 1.29 is 44.4 Å². The summed E-state index contributed by atoms with van der Waals surface area (Å²) in [6.45, 7) is 0. The molecule has 4 heteroatoms. The molecule has 0 N–H and O–H groups in total. The van der Waals surface area contributed by atoms with Gasteiger partial charge in [0.1, 0.15) is 0 Å². The topological polar surface area (TPSA) is 0 Å². The summed E-state index contributed by atoms with van der Waals surface area (Å²) >= 11 is 0.167. The molecule has 0 aromatic carbocycles. The van der Waals surface area contributed by atoms with Gasteiger partial charge >= 0.3 is 62.6 Å². The Kier molecular flexibility index (Phi) is 49.2. The molecule has 0 radical (unpaired) electrons. The van der Waals surface area contributed by atoms with E-state index in [-0.39, 0.29) is 40.0 Å². The first-order valence-corrected chi connectivity index (χ1v) is 2.00. The van der Waals surface area contributed by atoms with Gasteiger partial charge in [0.2, 0.25) is 0 Å². The van der Waals surface area contributed by atoms with Crippen molar-refractivity contribution in [3.05, 3.63) is 0 Å². The monoisotopic (exact) mass is 186 g/mol. The van der Waals surface area contributed by atoms with E-state index >= 15 is 0 Å². The average molecular weight is 186 g/mol. The van der Waals surface area contributed by atoms with E-state index in [0.717, 1.165) is 0 Å². The Morgan fingerprint density at radius 3 is 1.25 bits per heavy atom. The van der Waals surface area contributed by atoms with E-state index in [0.29, 0.717) is 18.2 Å². The number of hydrogen-bond acceptors (Lipinski definition) is 0. The summed E-state index contributed by atoms with van der Waals surface area (Å²) in [6, 6.07) is 0. The van der Waals surface area contributed by atoms with E-state index < -0.39 is 0 Å². The predicted octanol–water partition coefficient (Wildman–Crippen LogP) is 0.460. The standard InChI is InChI=1S/2FH.Li.Pr/h2*1H;;/q;;2*+1/p-2. The Labute approximate surface area is 61.6 Å². The molecule has 0 heterocycles. The summed E-state index contributed by atoms with van der Waals surface area (Å²) in [5.41, 5.74) is 0. The molecule has 0 nitrogen and oxygen atoms in total. The second-order valence-corrected chi connectivity index (χ2v) is 0. The summed E-state index contributed by atoms with van der Waals surface area (Å²) in [4.78, 5) is 0. The summed E-state index contributed by atoms with van der Waals surface area (Å²) in [7, 11) is 0. The number of rotatable bonds is 0. The van der Waals surface area contributed by atoms with Crippen LogP contribution in [0.3, 0.4) is 0 Å². The molecule has 0 aromatic heterocycles. The Hall–Kier alpha value is 1.82. The average Bonchev–Trinajstić information content (AvgIpc) is 1.50. The molecule has 0 unspecified atom stereocenters. The molecule has 0 atom stereocenters. The van der Waals surface area contributed by atoms with Crippen LogP contribution < -0.4 is 0 Å². The molecule has 0 saturated heterocycles. The Morgan fingerprint density at radius 1 is 1.25 bits per heavy atom. The SMILES string of the molecule is [F][Pr].[Li][F]. The Morgan fingerprint density at radius 2 is 1.25 bits per heavy atom. The van der Waals surface area contributed by atoms with Gasteiger partial charge in [-0.3, -0.25) is 0 Å². The molecule has 4 heavy (non-hydrogen) atoms. The summed E-state index contributed by atoms with van der Waals surface area (Å²) in [5, 5.41) is 0. The van der Waals surface area contributed by atoms with Gasteiger partial charge in [0.05, 0.1) is 0 Å². The molecule has 0 rings (SSSR count). The molecule has 0 saturated carbocycles. The third kappa shape index (κ3) is 9.17. The fourth-order valence-electron chi connectivity index (χ4n) is 0. The van der Waals surface area contributed by atoms with Crippen molar-refractivity contribution in [3.8, 4) is 0 Å². The van der Waals surface area contributed by atoms with Crippen molar-refractivity contribution in [2.75, 3.05) is 0 Å². The normalized spacial score (nSPS) is 2.75. The first-order chi connectivity index (χ1) is 2.00. The van der Waals surface area contributed by atoms with Gasteiger partial charge in [-0.1, -0.05) is 0 Å². The minimum atomic E-state index is -0.333. The third-order valence-corrected chi connectivity index (χ3v) is 0. The quantitative estimate of drug-likeness (QED) is 0.482. The fourth-order valence-corrected chi connectivity index (χ4v) is 0. The van der Waals surface area contributed by atoms with Crippen LogP contribution in [0.1, 0.15) is 0 Å². The van der Waals surface area contributed by atoms with E-state index in [4.69, 9.17) is 0 Å². The van der Waals surface area contributed by atoms with Crippen LogP contribution in [0, 0.1) is 40.0 Å². The summed E-state index contributed by atoms with van der Waals surface area (Å²) in [5.74, 6) is 0. The number of halogens is 2. The van der Waals surface area contributed by atoms with Crippen molar-refractivity contribution in [3.63, 3.8) is 0 Å². The zero-order chi connectivity index (χ0) is 4.00. The van der Waals surface area contributed by atoms with Crippen molar-refractivity contribution in [1.29, 1.82) is 0 Å². The van der Waals surface area contributed by atoms with Crippen LogP contribution in [0.2, 0.25) is 0 Å². The summed E-state index contributed by atoms with van der Waals surface area (Å²) < 4.78 is 19.2.